The van der Waals surface area contributed by atoms with Crippen molar-refractivity contribution in [2.45, 2.75) is 39.2 Å². The Bertz CT molecular complexity index is 1450. The monoisotopic (exact) mass is 529 g/mol. The maximum atomic E-state index is 11.3. The highest BCUT2D eigenvalue weighted by Gasteiger charge is 2.21. The summed E-state index contributed by atoms with van der Waals surface area (Å²) < 4.78 is 23.6. The van der Waals surface area contributed by atoms with Crippen molar-refractivity contribution in [3.63, 3.8) is 0 Å². The number of aryl methyl sites for hydroxylation is 1. The number of phenols is 1. The van der Waals surface area contributed by atoms with Crippen LogP contribution in [0, 0.1) is 0 Å². The summed E-state index contributed by atoms with van der Waals surface area (Å²) in [4.78, 5) is 27.8. The van der Waals surface area contributed by atoms with Crippen LogP contribution >= 0.6 is 7.82 Å². The van der Waals surface area contributed by atoms with Gasteiger partial charge in [0.2, 0.25) is 0 Å². The van der Waals surface area contributed by atoms with E-state index in [0.717, 1.165) is 35.1 Å². The number of nitrogens with zero attached hydrogens (tertiary/aromatic N) is 3. The number of anilines is 1. The van der Waals surface area contributed by atoms with E-state index in [9.17, 15) is 19.5 Å². The average Bonchev–Trinajstić information content (AvgIpc) is 3.21. The first-order chi connectivity index (χ1) is 17.7. The Morgan fingerprint density at radius 1 is 1.08 bits per heavy atom. The van der Waals surface area contributed by atoms with Crippen molar-refractivity contribution >= 4 is 35.6 Å². The van der Waals surface area contributed by atoms with Gasteiger partial charge >= 0.3 is 7.82 Å². The molecule has 0 aliphatic carbocycles. The second-order valence-corrected chi connectivity index (χ2v) is 9.95. The van der Waals surface area contributed by atoms with Crippen LogP contribution in [-0.4, -0.2) is 49.2 Å². The van der Waals surface area contributed by atoms with Crippen molar-refractivity contribution < 1.29 is 28.7 Å². The van der Waals surface area contributed by atoms with E-state index in [1.165, 1.54) is 18.2 Å². The third kappa shape index (κ3) is 6.38. The standard InChI is InChI=1S/C25H32N5O6P/c1-2-3-4-22-29-23-24(30(22)15-17-14-18(6-8-21(17)31)36-37(32,33)34)19-13-16(9-11-35-12-10-26)5-7-20(19)28-25(23)27/h5-8,13-14,31H,2-4,9-12,15,26H2,1H3,(H2,27,28)(H2,32,33,34). The predicted octanol–water partition coefficient (Wildman–Crippen LogP) is 3.25. The second-order valence-electron chi connectivity index (χ2n) is 8.79. The first-order valence-corrected chi connectivity index (χ1v) is 13.6. The van der Waals surface area contributed by atoms with E-state index in [-0.39, 0.29) is 18.0 Å². The number of nitrogens with two attached hydrogens (primary N) is 2. The smallest absolute Gasteiger partial charge is 0.508 e. The van der Waals surface area contributed by atoms with Gasteiger partial charge in [-0.3, -0.25) is 9.79 Å². The molecule has 198 valence electrons. The summed E-state index contributed by atoms with van der Waals surface area (Å²) in [6.07, 6.45) is 3.23. The molecule has 4 rings (SSSR count). The number of phosphoric acid groups is 1. The molecule has 7 N–H and O–H groups in total. The Hall–Kier alpha value is -3.21. The van der Waals surface area contributed by atoms with E-state index >= 15 is 0 Å². The van der Waals surface area contributed by atoms with Gasteiger partial charge in [-0.2, -0.15) is 0 Å². The summed E-state index contributed by atoms with van der Waals surface area (Å²) in [7, 11) is -4.76. The van der Waals surface area contributed by atoms with Crippen LogP contribution in [0.5, 0.6) is 11.5 Å². The van der Waals surface area contributed by atoms with Crippen LogP contribution in [0.3, 0.4) is 0 Å². The average molecular weight is 530 g/mol. The SMILES string of the molecule is CCCCc1nc2c(N)nc3ccc(CCOCCN)cc3c2n1Cc1cc(OP(=O)(O)O)ccc1O. The molecule has 2 heterocycles. The molecule has 0 amide bonds. The number of ether oxygens (including phenoxy) is 1. The molecule has 0 fully saturated rings. The van der Waals surface area contributed by atoms with Gasteiger partial charge in [0.05, 0.1) is 30.8 Å². The maximum absolute atomic E-state index is 11.3. The number of hydrogen-bond donors (Lipinski definition) is 5. The number of nitrogen functional groups attached to an aromatic ring is 1. The second kappa shape index (κ2) is 11.5. The highest BCUT2D eigenvalue weighted by atomic mass is 31.2. The summed E-state index contributed by atoms with van der Waals surface area (Å²) in [5, 5.41) is 11.4. The number of pyridine rings is 1. The molecular formula is C25H32N5O6P. The molecule has 4 aromatic rings. The molecule has 37 heavy (non-hydrogen) atoms. The number of hydrogen-bond acceptors (Lipinski definition) is 8. The molecule has 0 bridgehead atoms. The number of imidazole rings is 1. The normalized spacial score (nSPS) is 12.0. The van der Waals surface area contributed by atoms with Crippen molar-refractivity contribution in [3.8, 4) is 11.5 Å². The molecular weight excluding hydrogens is 497 g/mol. The molecule has 2 aromatic heterocycles. The van der Waals surface area contributed by atoms with Gasteiger partial charge in [-0.15, -0.1) is 0 Å². The molecule has 0 aliphatic heterocycles. The van der Waals surface area contributed by atoms with Crippen molar-refractivity contribution in [2.24, 2.45) is 5.73 Å². The largest absolute Gasteiger partial charge is 0.524 e. The summed E-state index contributed by atoms with van der Waals surface area (Å²) in [5.74, 6) is 0.993. The number of aromatic hydroxyl groups is 1. The fourth-order valence-corrected chi connectivity index (χ4v) is 4.67. The molecule has 0 atom stereocenters. The topological polar surface area (TPSA) is 179 Å². The number of phenolic OH excluding ortho intramolecular Hbond substituents is 1. The summed E-state index contributed by atoms with van der Waals surface area (Å²) in [5.41, 5.74) is 15.4. The molecule has 11 nitrogen and oxygen atoms in total. The molecule has 2 aromatic carbocycles. The van der Waals surface area contributed by atoms with E-state index in [1.807, 2.05) is 22.8 Å². The molecule has 0 unspecified atom stereocenters. The van der Waals surface area contributed by atoms with Crippen molar-refractivity contribution in [1.82, 2.24) is 14.5 Å². The number of fused-ring (bicyclic) bond motifs is 3. The summed E-state index contributed by atoms with van der Waals surface area (Å²) in [6, 6.07) is 10.0. The van der Waals surface area contributed by atoms with E-state index in [0.29, 0.717) is 55.0 Å². The Morgan fingerprint density at radius 3 is 2.62 bits per heavy atom. The van der Waals surface area contributed by atoms with E-state index in [2.05, 4.69) is 11.9 Å². The number of rotatable bonds is 12. The van der Waals surface area contributed by atoms with Gasteiger partial charge in [0.1, 0.15) is 22.8 Å². The van der Waals surface area contributed by atoms with E-state index < -0.39 is 7.82 Å². The first-order valence-electron chi connectivity index (χ1n) is 12.1. The number of aromatic nitrogens is 3. The molecule has 0 radical (unpaired) electrons. The Labute approximate surface area is 214 Å². The molecule has 0 saturated heterocycles. The lowest BCUT2D eigenvalue weighted by Crippen LogP contribution is -2.10. The minimum Gasteiger partial charge on any atom is -0.508 e. The van der Waals surface area contributed by atoms with Crippen LogP contribution in [0.15, 0.2) is 36.4 Å². The molecule has 0 spiro atoms. The minimum absolute atomic E-state index is 0.0366. The van der Waals surface area contributed by atoms with Crippen LogP contribution in [0.2, 0.25) is 0 Å². The van der Waals surface area contributed by atoms with Crippen LogP contribution in [-0.2, 0) is 28.7 Å². The predicted molar refractivity (Wildman–Crippen MR) is 142 cm³/mol. The molecule has 0 aliphatic rings. The zero-order chi connectivity index (χ0) is 26.6. The lowest BCUT2D eigenvalue weighted by atomic mass is 10.1. The van der Waals surface area contributed by atoms with Crippen molar-refractivity contribution in [2.75, 3.05) is 25.5 Å². The van der Waals surface area contributed by atoms with Gasteiger partial charge < -0.3 is 30.4 Å². The fraction of sp³-hybridized carbons (Fsp3) is 0.360. The van der Waals surface area contributed by atoms with Crippen LogP contribution in [0.1, 0.15) is 36.7 Å². The third-order valence-electron chi connectivity index (χ3n) is 6.00. The maximum Gasteiger partial charge on any atom is 0.524 e. The van der Waals surface area contributed by atoms with Gasteiger partial charge in [-0.25, -0.2) is 14.5 Å². The molecule has 0 saturated carbocycles. The Kier molecular flexibility index (Phi) is 8.31. The quantitative estimate of drug-likeness (QED) is 0.135. The number of unbranched alkanes of at least 4 members (excludes halogenated alkanes) is 1. The Balaban J connectivity index is 1.85. The zero-order valence-corrected chi connectivity index (χ0v) is 21.5. The minimum atomic E-state index is -4.76. The summed E-state index contributed by atoms with van der Waals surface area (Å²) >= 11 is 0. The highest BCUT2D eigenvalue weighted by Crippen LogP contribution is 2.39. The van der Waals surface area contributed by atoms with Crippen LogP contribution in [0.25, 0.3) is 21.9 Å². The van der Waals surface area contributed by atoms with Crippen molar-refractivity contribution in [3.05, 3.63) is 53.3 Å². The lowest BCUT2D eigenvalue weighted by Gasteiger charge is -2.14. The number of phosphoric ester groups is 1. The summed E-state index contributed by atoms with van der Waals surface area (Å²) in [6.45, 7) is 3.77. The Morgan fingerprint density at radius 2 is 1.89 bits per heavy atom. The zero-order valence-electron chi connectivity index (χ0n) is 20.6. The third-order valence-corrected chi connectivity index (χ3v) is 6.45. The van der Waals surface area contributed by atoms with Crippen LogP contribution < -0.4 is 16.0 Å². The fourth-order valence-electron chi connectivity index (χ4n) is 4.28. The van der Waals surface area contributed by atoms with Gasteiger partial charge in [-0.1, -0.05) is 19.4 Å². The molecule has 12 heteroatoms. The van der Waals surface area contributed by atoms with E-state index in [1.54, 1.807) is 0 Å². The van der Waals surface area contributed by atoms with E-state index in [4.69, 9.17) is 25.7 Å². The first kappa shape index (κ1) is 26.8. The van der Waals surface area contributed by atoms with Gasteiger partial charge in [0, 0.05) is 23.9 Å². The van der Waals surface area contributed by atoms with Crippen LogP contribution in [0.4, 0.5) is 5.82 Å². The van der Waals surface area contributed by atoms with Crippen molar-refractivity contribution in [1.29, 1.82) is 0 Å². The lowest BCUT2D eigenvalue weighted by molar-refractivity contribution is 0.145. The number of benzene rings is 2. The van der Waals surface area contributed by atoms with Gasteiger partial charge in [-0.05, 0) is 48.7 Å². The highest BCUT2D eigenvalue weighted by molar-refractivity contribution is 7.46. The van der Waals surface area contributed by atoms with Gasteiger partial charge in [0.25, 0.3) is 0 Å². The van der Waals surface area contributed by atoms with Gasteiger partial charge in [0.15, 0.2) is 5.82 Å².